The first kappa shape index (κ1) is 14.0. The Kier molecular flexibility index (Phi) is 2.97. The van der Waals surface area contributed by atoms with Crippen LogP contribution in [0, 0.1) is 22.7 Å². The second-order valence-corrected chi connectivity index (χ2v) is 8.43. The second kappa shape index (κ2) is 4.45. The van der Waals surface area contributed by atoms with Gasteiger partial charge in [-0.05, 0) is 56.8 Å². The van der Waals surface area contributed by atoms with Gasteiger partial charge in [-0.15, -0.1) is 0 Å². The topological polar surface area (TPSA) is 46.2 Å². The molecule has 1 unspecified atom stereocenters. The van der Waals surface area contributed by atoms with Crippen molar-refractivity contribution < 1.29 is 5.11 Å². The molecule has 0 radical (unpaired) electrons. The van der Waals surface area contributed by atoms with Crippen molar-refractivity contribution in [2.75, 3.05) is 0 Å². The van der Waals surface area contributed by atoms with E-state index in [0.717, 1.165) is 18.8 Å². The molecule has 0 spiro atoms. The summed E-state index contributed by atoms with van der Waals surface area (Å²) < 4.78 is 0. The molecular weight excluding hydrogens is 258 g/mol. The quantitative estimate of drug-likeness (QED) is 0.669. The third-order valence-electron chi connectivity index (χ3n) is 7.51. The third-order valence-corrected chi connectivity index (χ3v) is 7.51. The summed E-state index contributed by atoms with van der Waals surface area (Å²) in [6.07, 6.45) is 12.8. The van der Waals surface area contributed by atoms with Gasteiger partial charge in [-0.1, -0.05) is 37.1 Å². The Morgan fingerprint density at radius 3 is 2.81 bits per heavy atom. The summed E-state index contributed by atoms with van der Waals surface area (Å²) >= 11 is 0. The van der Waals surface area contributed by atoms with Gasteiger partial charge >= 0.3 is 0 Å². The third kappa shape index (κ3) is 1.78. The second-order valence-electron chi connectivity index (χ2n) is 8.43. The maximum Gasteiger partial charge on any atom is 0.0599 e. The first-order chi connectivity index (χ1) is 9.95. The highest BCUT2D eigenvalue weighted by Crippen LogP contribution is 2.62. The molecule has 21 heavy (non-hydrogen) atoms. The Labute approximate surface area is 128 Å². The fourth-order valence-corrected chi connectivity index (χ4v) is 6.04. The number of nitrogens with two attached hydrogens (primary N) is 1. The van der Waals surface area contributed by atoms with Crippen LogP contribution in [0.15, 0.2) is 23.3 Å². The smallest absolute Gasteiger partial charge is 0.0599 e. The molecule has 2 heteroatoms. The van der Waals surface area contributed by atoms with Crippen LogP contribution in [-0.4, -0.2) is 17.3 Å². The predicted molar refractivity (Wildman–Crippen MR) is 85.7 cm³/mol. The highest BCUT2D eigenvalue weighted by Gasteiger charge is 2.54. The first-order valence-electron chi connectivity index (χ1n) is 8.80. The van der Waals surface area contributed by atoms with Gasteiger partial charge in [-0.3, -0.25) is 0 Å². The zero-order chi connectivity index (χ0) is 14.8. The average Bonchev–Trinajstić information content (AvgIpc) is 2.76. The Bertz CT molecular complexity index is 522. The van der Waals surface area contributed by atoms with Crippen molar-refractivity contribution in [3.63, 3.8) is 0 Å². The van der Waals surface area contributed by atoms with Gasteiger partial charge in [0.1, 0.15) is 0 Å². The van der Waals surface area contributed by atoms with E-state index in [0.29, 0.717) is 5.92 Å². The minimum atomic E-state index is -0.0857. The molecule has 1 fully saturated rings. The summed E-state index contributed by atoms with van der Waals surface area (Å²) in [5.41, 5.74) is 10.00. The summed E-state index contributed by atoms with van der Waals surface area (Å²) in [7, 11) is 0. The molecule has 2 nitrogen and oxygen atoms in total. The lowest BCUT2D eigenvalue weighted by molar-refractivity contribution is 0.0285. The number of hydrogen-bond acceptors (Lipinski definition) is 2. The van der Waals surface area contributed by atoms with Crippen molar-refractivity contribution in [1.29, 1.82) is 0 Å². The number of allylic oxidation sites excluding steroid dienone is 3. The molecular formula is C19H29NO. The summed E-state index contributed by atoms with van der Waals surface area (Å²) in [4.78, 5) is 0. The first-order valence-corrected chi connectivity index (χ1v) is 8.80. The SMILES string of the molecule is C[C@]12CCC3=C(CCC4C[C@@H](N)C=C[C@]34C)[C@@H]1CC[C@@H]2O. The van der Waals surface area contributed by atoms with Gasteiger partial charge in [0.25, 0.3) is 0 Å². The highest BCUT2D eigenvalue weighted by molar-refractivity contribution is 5.38. The van der Waals surface area contributed by atoms with Crippen LogP contribution in [0.3, 0.4) is 0 Å². The summed E-state index contributed by atoms with van der Waals surface area (Å²) in [5, 5.41) is 10.5. The maximum atomic E-state index is 10.5. The van der Waals surface area contributed by atoms with Crippen LogP contribution in [0.4, 0.5) is 0 Å². The zero-order valence-electron chi connectivity index (χ0n) is 13.4. The maximum absolute atomic E-state index is 10.5. The van der Waals surface area contributed by atoms with Crippen LogP contribution in [0.5, 0.6) is 0 Å². The molecule has 4 aliphatic rings. The van der Waals surface area contributed by atoms with E-state index in [-0.39, 0.29) is 23.0 Å². The van der Waals surface area contributed by atoms with Crippen LogP contribution < -0.4 is 5.73 Å². The number of rotatable bonds is 0. The number of hydrogen-bond donors (Lipinski definition) is 2. The molecule has 0 amide bonds. The summed E-state index contributed by atoms with van der Waals surface area (Å²) in [6.45, 7) is 4.78. The average molecular weight is 287 g/mol. The van der Waals surface area contributed by atoms with Crippen molar-refractivity contribution in [3.05, 3.63) is 23.3 Å². The highest BCUT2D eigenvalue weighted by atomic mass is 16.3. The van der Waals surface area contributed by atoms with Crippen molar-refractivity contribution >= 4 is 0 Å². The van der Waals surface area contributed by atoms with E-state index in [1.807, 2.05) is 0 Å². The van der Waals surface area contributed by atoms with Crippen molar-refractivity contribution in [2.24, 2.45) is 28.4 Å². The van der Waals surface area contributed by atoms with Gasteiger partial charge in [0.2, 0.25) is 0 Å². The minimum absolute atomic E-state index is 0.0857. The molecule has 0 heterocycles. The Hall–Kier alpha value is -0.600. The van der Waals surface area contributed by atoms with Crippen LogP contribution >= 0.6 is 0 Å². The van der Waals surface area contributed by atoms with Crippen LogP contribution in [0.1, 0.15) is 58.8 Å². The number of aliphatic hydroxyl groups excluding tert-OH is 1. The van der Waals surface area contributed by atoms with Gasteiger partial charge in [0.15, 0.2) is 0 Å². The molecule has 116 valence electrons. The van der Waals surface area contributed by atoms with Crippen molar-refractivity contribution in [2.45, 2.75) is 70.9 Å². The molecule has 0 aliphatic heterocycles. The van der Waals surface area contributed by atoms with Crippen molar-refractivity contribution in [1.82, 2.24) is 0 Å². The fourth-order valence-electron chi connectivity index (χ4n) is 6.04. The minimum Gasteiger partial charge on any atom is -0.393 e. The molecule has 0 aromatic rings. The summed E-state index contributed by atoms with van der Waals surface area (Å²) in [5.74, 6) is 1.37. The van der Waals surface area contributed by atoms with E-state index in [1.54, 1.807) is 11.1 Å². The van der Waals surface area contributed by atoms with E-state index < -0.39 is 0 Å². The molecule has 4 aliphatic carbocycles. The van der Waals surface area contributed by atoms with Crippen LogP contribution in [0.2, 0.25) is 0 Å². The van der Waals surface area contributed by atoms with Gasteiger partial charge in [0.05, 0.1) is 6.10 Å². The van der Waals surface area contributed by atoms with E-state index in [4.69, 9.17) is 5.73 Å². The van der Waals surface area contributed by atoms with Crippen LogP contribution in [-0.2, 0) is 0 Å². The lowest BCUT2D eigenvalue weighted by atomic mass is 9.53. The molecule has 3 N–H and O–H groups in total. The molecule has 4 rings (SSSR count). The van der Waals surface area contributed by atoms with Gasteiger partial charge in [0, 0.05) is 16.9 Å². The van der Waals surface area contributed by atoms with Gasteiger partial charge in [-0.25, -0.2) is 0 Å². The Balaban J connectivity index is 1.78. The Morgan fingerprint density at radius 1 is 1.19 bits per heavy atom. The van der Waals surface area contributed by atoms with Gasteiger partial charge < -0.3 is 10.8 Å². The molecule has 1 saturated carbocycles. The lowest BCUT2D eigenvalue weighted by Crippen LogP contribution is -2.45. The number of fused-ring (bicyclic) bond motifs is 4. The van der Waals surface area contributed by atoms with Gasteiger partial charge in [-0.2, -0.15) is 0 Å². The number of aliphatic hydroxyl groups is 1. The van der Waals surface area contributed by atoms with Crippen LogP contribution in [0.25, 0.3) is 0 Å². The van der Waals surface area contributed by atoms with E-state index >= 15 is 0 Å². The van der Waals surface area contributed by atoms with E-state index in [9.17, 15) is 5.11 Å². The standard InChI is InChI=1S/C19H29NO/c1-18-9-7-13(20)11-12(18)3-4-14-15-5-6-17(21)19(15,2)10-8-16(14)18/h7,9,12-13,15,17,21H,3-6,8,10-11,20H2,1-2H3/t12?,13-,15-,17-,18-,19-/m0/s1. The predicted octanol–water partition coefficient (Wildman–Crippen LogP) is 3.56. The molecule has 0 bridgehead atoms. The Morgan fingerprint density at radius 2 is 2.00 bits per heavy atom. The summed E-state index contributed by atoms with van der Waals surface area (Å²) in [6, 6.07) is 0.257. The normalized spacial score (nSPS) is 52.4. The molecule has 0 aromatic heterocycles. The largest absolute Gasteiger partial charge is 0.393 e. The fraction of sp³-hybridized carbons (Fsp3) is 0.789. The van der Waals surface area contributed by atoms with E-state index in [2.05, 4.69) is 26.0 Å². The molecule has 6 atom stereocenters. The molecule has 0 saturated heterocycles. The van der Waals surface area contributed by atoms with Crippen molar-refractivity contribution in [3.8, 4) is 0 Å². The molecule has 0 aromatic carbocycles. The lowest BCUT2D eigenvalue weighted by Gasteiger charge is -2.52. The van der Waals surface area contributed by atoms with E-state index in [1.165, 1.54) is 32.1 Å². The monoisotopic (exact) mass is 287 g/mol. The zero-order valence-corrected chi connectivity index (χ0v) is 13.4.